The Labute approximate surface area is 146 Å². The first-order chi connectivity index (χ1) is 12.4. The Hall–Kier alpha value is -3.60. The fraction of sp³-hybridized carbons (Fsp3) is 0.0556. The molecule has 1 heterocycles. The summed E-state index contributed by atoms with van der Waals surface area (Å²) in [7, 11) is 0. The third kappa shape index (κ3) is 3.42. The number of aromatic nitrogens is 3. The normalized spacial score (nSPS) is 11.6. The molecule has 0 saturated heterocycles. The lowest BCUT2D eigenvalue weighted by Gasteiger charge is -2.07. The molecule has 3 rings (SSSR count). The smallest absolute Gasteiger partial charge is 0.416 e. The molecule has 0 saturated carbocycles. The fourth-order valence-corrected chi connectivity index (χ4v) is 2.39. The van der Waals surface area contributed by atoms with Crippen LogP contribution in [0.25, 0.3) is 23.4 Å². The van der Waals surface area contributed by atoms with Gasteiger partial charge < -0.3 is 5.11 Å². The Bertz CT molecular complexity index is 1020. The molecule has 0 bridgehead atoms. The molecule has 0 atom stereocenters. The molecule has 3 aromatic rings. The minimum Gasteiger partial charge on any atom is -0.507 e. The number of nitrogens with one attached hydrogen (secondary N) is 1. The van der Waals surface area contributed by atoms with Crippen LogP contribution < -0.4 is 0 Å². The Morgan fingerprint density at radius 3 is 2.62 bits per heavy atom. The quantitative estimate of drug-likeness (QED) is 0.688. The number of phenolic OH excluding ortho intramolecular Hbond substituents is 1. The Kier molecular flexibility index (Phi) is 4.45. The van der Waals surface area contributed by atoms with Crippen molar-refractivity contribution in [1.82, 2.24) is 15.4 Å². The molecule has 130 valence electrons. The molecule has 5 nitrogen and oxygen atoms in total. The monoisotopic (exact) mass is 356 g/mol. The van der Waals surface area contributed by atoms with Gasteiger partial charge in [-0.1, -0.05) is 41.6 Å². The van der Waals surface area contributed by atoms with Gasteiger partial charge in [0.25, 0.3) is 0 Å². The average molecular weight is 356 g/mol. The van der Waals surface area contributed by atoms with Crippen molar-refractivity contribution in [1.29, 1.82) is 5.26 Å². The highest BCUT2D eigenvalue weighted by atomic mass is 19.4. The van der Waals surface area contributed by atoms with E-state index in [4.69, 9.17) is 5.26 Å². The van der Waals surface area contributed by atoms with E-state index in [0.717, 1.165) is 12.1 Å². The molecule has 2 aromatic carbocycles. The lowest BCUT2D eigenvalue weighted by atomic mass is 10.0. The third-order valence-corrected chi connectivity index (χ3v) is 3.65. The van der Waals surface area contributed by atoms with Gasteiger partial charge >= 0.3 is 6.18 Å². The van der Waals surface area contributed by atoms with Gasteiger partial charge in [0, 0.05) is 11.1 Å². The van der Waals surface area contributed by atoms with Crippen LogP contribution in [-0.4, -0.2) is 20.5 Å². The van der Waals surface area contributed by atoms with Crippen LogP contribution in [0.5, 0.6) is 5.75 Å². The summed E-state index contributed by atoms with van der Waals surface area (Å²) < 4.78 is 38.3. The summed E-state index contributed by atoms with van der Waals surface area (Å²) in [6.45, 7) is 0. The summed E-state index contributed by atoms with van der Waals surface area (Å²) in [5.74, 6) is -0.152. The zero-order valence-corrected chi connectivity index (χ0v) is 13.1. The molecule has 0 amide bonds. The average Bonchev–Trinajstić information content (AvgIpc) is 3.09. The molecule has 0 aliphatic carbocycles. The Morgan fingerprint density at radius 1 is 1.12 bits per heavy atom. The van der Waals surface area contributed by atoms with Crippen molar-refractivity contribution in [3.8, 4) is 23.1 Å². The molecule has 0 radical (unpaired) electrons. The van der Waals surface area contributed by atoms with Gasteiger partial charge in [-0.3, -0.25) is 0 Å². The number of aromatic amines is 1. The van der Waals surface area contributed by atoms with Crippen LogP contribution in [0.4, 0.5) is 13.2 Å². The number of phenols is 1. The van der Waals surface area contributed by atoms with E-state index in [-0.39, 0.29) is 17.1 Å². The van der Waals surface area contributed by atoms with E-state index < -0.39 is 11.7 Å². The molecule has 0 aliphatic rings. The fourth-order valence-electron chi connectivity index (χ4n) is 2.39. The molecular formula is C18H11F3N4O. The molecule has 0 spiro atoms. The van der Waals surface area contributed by atoms with Gasteiger partial charge in [-0.05, 0) is 23.8 Å². The second kappa shape index (κ2) is 6.72. The van der Waals surface area contributed by atoms with E-state index in [1.54, 1.807) is 18.2 Å². The number of alkyl halides is 3. The standard InChI is InChI=1S/C18H11F3N4O/c19-18(20,21)13-5-1-3-11(9-13)7-8-12-4-2-6-14(17(12)26)16-15(10-22)23-25-24-16/h1-9,26H,(H,23,24,25)/b8-7+. The summed E-state index contributed by atoms with van der Waals surface area (Å²) in [4.78, 5) is 0. The highest BCUT2D eigenvalue weighted by molar-refractivity contribution is 5.80. The molecule has 0 fully saturated rings. The third-order valence-electron chi connectivity index (χ3n) is 3.65. The molecule has 26 heavy (non-hydrogen) atoms. The van der Waals surface area contributed by atoms with Gasteiger partial charge in [0.1, 0.15) is 17.5 Å². The van der Waals surface area contributed by atoms with Crippen LogP contribution in [-0.2, 0) is 6.18 Å². The minimum absolute atomic E-state index is 0.0966. The van der Waals surface area contributed by atoms with E-state index in [9.17, 15) is 18.3 Å². The molecule has 0 aliphatic heterocycles. The number of hydrogen-bond donors (Lipinski definition) is 2. The molecule has 1 aromatic heterocycles. The van der Waals surface area contributed by atoms with Crippen molar-refractivity contribution in [3.63, 3.8) is 0 Å². The van der Waals surface area contributed by atoms with Crippen LogP contribution in [0.2, 0.25) is 0 Å². The lowest BCUT2D eigenvalue weighted by Crippen LogP contribution is -2.04. The first-order valence-electron chi connectivity index (χ1n) is 7.39. The van der Waals surface area contributed by atoms with Crippen molar-refractivity contribution >= 4 is 12.2 Å². The number of para-hydroxylation sites is 1. The predicted octanol–water partition coefficient (Wildman–Crippen LogP) is 4.24. The summed E-state index contributed by atoms with van der Waals surface area (Å²) in [6.07, 6.45) is -1.48. The van der Waals surface area contributed by atoms with Crippen molar-refractivity contribution < 1.29 is 18.3 Å². The van der Waals surface area contributed by atoms with E-state index in [1.165, 1.54) is 24.3 Å². The van der Waals surface area contributed by atoms with Crippen LogP contribution in [0.3, 0.4) is 0 Å². The van der Waals surface area contributed by atoms with E-state index in [1.807, 2.05) is 6.07 Å². The first kappa shape index (κ1) is 17.2. The van der Waals surface area contributed by atoms with Crippen molar-refractivity contribution in [2.24, 2.45) is 0 Å². The zero-order chi connectivity index (χ0) is 18.7. The highest BCUT2D eigenvalue weighted by Gasteiger charge is 2.30. The number of rotatable bonds is 3. The zero-order valence-electron chi connectivity index (χ0n) is 13.1. The Morgan fingerprint density at radius 2 is 1.88 bits per heavy atom. The topological polar surface area (TPSA) is 85.6 Å². The van der Waals surface area contributed by atoms with Crippen LogP contribution >= 0.6 is 0 Å². The summed E-state index contributed by atoms with van der Waals surface area (Å²) in [5.41, 5.74) is 0.537. The summed E-state index contributed by atoms with van der Waals surface area (Å²) in [6, 6.07) is 11.5. The van der Waals surface area contributed by atoms with Crippen LogP contribution in [0.15, 0.2) is 42.5 Å². The maximum atomic E-state index is 12.8. The van der Waals surface area contributed by atoms with E-state index >= 15 is 0 Å². The van der Waals surface area contributed by atoms with Gasteiger partial charge in [0.05, 0.1) is 5.56 Å². The second-order valence-electron chi connectivity index (χ2n) is 5.35. The number of nitriles is 1. The number of hydrogen-bond acceptors (Lipinski definition) is 4. The summed E-state index contributed by atoms with van der Waals surface area (Å²) in [5, 5.41) is 29.2. The number of benzene rings is 2. The number of halogens is 3. The first-order valence-corrected chi connectivity index (χ1v) is 7.39. The van der Waals surface area contributed by atoms with Crippen molar-refractivity contribution in [2.75, 3.05) is 0 Å². The predicted molar refractivity (Wildman–Crippen MR) is 88.6 cm³/mol. The van der Waals surface area contributed by atoms with E-state index in [0.29, 0.717) is 16.7 Å². The highest BCUT2D eigenvalue weighted by Crippen LogP contribution is 2.33. The van der Waals surface area contributed by atoms with Crippen LogP contribution in [0, 0.1) is 11.3 Å². The Balaban J connectivity index is 1.96. The maximum Gasteiger partial charge on any atom is 0.416 e. The van der Waals surface area contributed by atoms with Crippen LogP contribution in [0.1, 0.15) is 22.4 Å². The largest absolute Gasteiger partial charge is 0.507 e. The molecule has 2 N–H and O–H groups in total. The van der Waals surface area contributed by atoms with E-state index in [2.05, 4.69) is 15.4 Å². The number of aromatic hydroxyl groups is 1. The minimum atomic E-state index is -4.42. The maximum absolute atomic E-state index is 12.8. The van der Waals surface area contributed by atoms with Gasteiger partial charge in [0.2, 0.25) is 0 Å². The lowest BCUT2D eigenvalue weighted by molar-refractivity contribution is -0.137. The van der Waals surface area contributed by atoms with Gasteiger partial charge in [0.15, 0.2) is 5.69 Å². The van der Waals surface area contributed by atoms with Gasteiger partial charge in [-0.15, -0.1) is 5.10 Å². The van der Waals surface area contributed by atoms with Crippen molar-refractivity contribution in [3.05, 3.63) is 64.8 Å². The van der Waals surface area contributed by atoms with Gasteiger partial charge in [-0.2, -0.15) is 18.4 Å². The van der Waals surface area contributed by atoms with Crippen molar-refractivity contribution in [2.45, 2.75) is 6.18 Å². The molecule has 0 unspecified atom stereocenters. The number of H-pyrrole nitrogens is 1. The summed E-state index contributed by atoms with van der Waals surface area (Å²) >= 11 is 0. The molecule has 8 heteroatoms. The molecular weight excluding hydrogens is 345 g/mol. The number of nitrogens with zero attached hydrogens (tertiary/aromatic N) is 3. The SMILES string of the molecule is N#Cc1[nH]nnc1-c1cccc(/C=C/c2cccc(C(F)(F)F)c2)c1O. The van der Waals surface area contributed by atoms with Gasteiger partial charge in [-0.25, -0.2) is 5.10 Å². The second-order valence-corrected chi connectivity index (χ2v) is 5.35.